The van der Waals surface area contributed by atoms with E-state index in [1.54, 1.807) is 0 Å². The van der Waals surface area contributed by atoms with Crippen LogP contribution < -0.4 is 10.2 Å². The second-order valence-corrected chi connectivity index (χ2v) is 6.29. The van der Waals surface area contributed by atoms with Crippen molar-refractivity contribution in [1.29, 1.82) is 0 Å². The summed E-state index contributed by atoms with van der Waals surface area (Å²) in [4.78, 5) is 2.29. The Morgan fingerprint density at radius 1 is 1.43 bits per heavy atom. The van der Waals surface area contributed by atoms with Gasteiger partial charge in [-0.05, 0) is 56.8 Å². The standard InChI is InChI=1S/C17H27ClN2O/c1-3-9-19-13(2)16-8-7-15(12-17(16)18)20(10-11-21)14-5-4-6-14/h7-8,12-14,19,21H,3-6,9-11H2,1-2H3. The molecule has 4 heteroatoms. The van der Waals surface area contributed by atoms with Crippen molar-refractivity contribution >= 4 is 17.3 Å². The van der Waals surface area contributed by atoms with Crippen LogP contribution >= 0.6 is 11.6 Å². The van der Waals surface area contributed by atoms with Crippen LogP contribution in [0.1, 0.15) is 51.1 Å². The highest BCUT2D eigenvalue weighted by molar-refractivity contribution is 6.31. The number of rotatable bonds is 8. The molecule has 1 unspecified atom stereocenters. The van der Waals surface area contributed by atoms with Crippen LogP contribution in [0.3, 0.4) is 0 Å². The van der Waals surface area contributed by atoms with Crippen LogP contribution in [-0.4, -0.2) is 30.8 Å². The van der Waals surface area contributed by atoms with E-state index in [1.165, 1.54) is 19.3 Å². The highest BCUT2D eigenvalue weighted by atomic mass is 35.5. The normalized spacial score (nSPS) is 16.6. The third kappa shape index (κ3) is 4.12. The van der Waals surface area contributed by atoms with Crippen LogP contribution in [0.25, 0.3) is 0 Å². The molecular weight excluding hydrogens is 284 g/mol. The van der Waals surface area contributed by atoms with Crippen molar-refractivity contribution in [3.63, 3.8) is 0 Å². The number of nitrogens with zero attached hydrogens (tertiary/aromatic N) is 1. The van der Waals surface area contributed by atoms with Crippen LogP contribution in [0.15, 0.2) is 18.2 Å². The third-order valence-electron chi connectivity index (χ3n) is 4.34. The predicted octanol–water partition coefficient (Wildman–Crippen LogP) is 3.75. The number of aliphatic hydroxyl groups is 1. The number of hydrogen-bond donors (Lipinski definition) is 2. The van der Waals surface area contributed by atoms with E-state index in [9.17, 15) is 5.11 Å². The number of aliphatic hydroxyl groups excluding tert-OH is 1. The Balaban J connectivity index is 2.12. The lowest BCUT2D eigenvalue weighted by Gasteiger charge is -2.39. The van der Waals surface area contributed by atoms with Gasteiger partial charge in [0, 0.05) is 29.3 Å². The van der Waals surface area contributed by atoms with Gasteiger partial charge in [0.1, 0.15) is 0 Å². The molecule has 0 amide bonds. The van der Waals surface area contributed by atoms with Crippen molar-refractivity contribution < 1.29 is 5.11 Å². The van der Waals surface area contributed by atoms with E-state index in [4.69, 9.17) is 11.6 Å². The fraction of sp³-hybridized carbons (Fsp3) is 0.647. The van der Waals surface area contributed by atoms with Gasteiger partial charge >= 0.3 is 0 Å². The van der Waals surface area contributed by atoms with Gasteiger partial charge in [0.25, 0.3) is 0 Å². The minimum atomic E-state index is 0.185. The lowest BCUT2D eigenvalue weighted by atomic mass is 9.91. The molecule has 1 aromatic rings. The summed E-state index contributed by atoms with van der Waals surface area (Å²) < 4.78 is 0. The molecule has 2 N–H and O–H groups in total. The maximum atomic E-state index is 9.29. The van der Waals surface area contributed by atoms with E-state index in [0.717, 1.165) is 29.2 Å². The van der Waals surface area contributed by atoms with Gasteiger partial charge < -0.3 is 15.3 Å². The van der Waals surface area contributed by atoms with Gasteiger partial charge in [-0.1, -0.05) is 24.6 Å². The SMILES string of the molecule is CCCNC(C)c1ccc(N(CCO)C2CCC2)cc1Cl. The summed E-state index contributed by atoms with van der Waals surface area (Å²) in [5.41, 5.74) is 2.27. The van der Waals surface area contributed by atoms with E-state index >= 15 is 0 Å². The quantitative estimate of drug-likeness (QED) is 0.767. The first kappa shape index (κ1) is 16.6. The molecule has 0 aliphatic heterocycles. The first-order valence-corrected chi connectivity index (χ1v) is 8.45. The Kier molecular flexibility index (Phi) is 6.34. The molecule has 1 fully saturated rings. The summed E-state index contributed by atoms with van der Waals surface area (Å²) in [6.07, 6.45) is 4.84. The van der Waals surface area contributed by atoms with Crippen LogP contribution in [0.4, 0.5) is 5.69 Å². The smallest absolute Gasteiger partial charge is 0.0606 e. The Hall–Kier alpha value is -0.770. The summed E-state index contributed by atoms with van der Waals surface area (Å²) in [7, 11) is 0. The molecule has 1 saturated carbocycles. The average Bonchev–Trinajstić information content (AvgIpc) is 2.42. The Labute approximate surface area is 133 Å². The van der Waals surface area contributed by atoms with E-state index in [1.807, 2.05) is 0 Å². The zero-order valence-electron chi connectivity index (χ0n) is 13.1. The lowest BCUT2D eigenvalue weighted by molar-refractivity contribution is 0.283. The van der Waals surface area contributed by atoms with Crippen molar-refractivity contribution in [3.05, 3.63) is 28.8 Å². The number of hydrogen-bond acceptors (Lipinski definition) is 3. The molecule has 118 valence electrons. The Morgan fingerprint density at radius 3 is 2.71 bits per heavy atom. The minimum absolute atomic E-state index is 0.185. The lowest BCUT2D eigenvalue weighted by Crippen LogP contribution is -2.42. The van der Waals surface area contributed by atoms with Gasteiger partial charge in [-0.3, -0.25) is 0 Å². The molecule has 0 radical (unpaired) electrons. The van der Waals surface area contributed by atoms with Gasteiger partial charge in [-0.15, -0.1) is 0 Å². The molecule has 2 rings (SSSR count). The highest BCUT2D eigenvalue weighted by Gasteiger charge is 2.25. The Bertz CT molecular complexity index is 448. The van der Waals surface area contributed by atoms with Gasteiger partial charge in [-0.2, -0.15) is 0 Å². The van der Waals surface area contributed by atoms with Crippen molar-refractivity contribution in [2.24, 2.45) is 0 Å². The topological polar surface area (TPSA) is 35.5 Å². The molecule has 0 heterocycles. The number of halogens is 1. The van der Waals surface area contributed by atoms with Gasteiger partial charge in [0.15, 0.2) is 0 Å². The molecule has 21 heavy (non-hydrogen) atoms. The zero-order chi connectivity index (χ0) is 15.2. The van der Waals surface area contributed by atoms with Crippen LogP contribution in [-0.2, 0) is 0 Å². The van der Waals surface area contributed by atoms with Crippen molar-refractivity contribution in [2.45, 2.75) is 51.6 Å². The summed E-state index contributed by atoms with van der Waals surface area (Å²) in [5.74, 6) is 0. The third-order valence-corrected chi connectivity index (χ3v) is 4.67. The van der Waals surface area contributed by atoms with Crippen LogP contribution in [0.2, 0.25) is 5.02 Å². The van der Waals surface area contributed by atoms with E-state index < -0.39 is 0 Å². The highest BCUT2D eigenvalue weighted by Crippen LogP contribution is 2.33. The number of anilines is 1. The van der Waals surface area contributed by atoms with Crippen molar-refractivity contribution in [1.82, 2.24) is 5.32 Å². The summed E-state index contributed by atoms with van der Waals surface area (Å²) >= 11 is 6.48. The number of nitrogens with one attached hydrogen (secondary N) is 1. The molecule has 1 aliphatic carbocycles. The van der Waals surface area contributed by atoms with E-state index in [-0.39, 0.29) is 12.6 Å². The molecule has 3 nitrogen and oxygen atoms in total. The van der Waals surface area contributed by atoms with Crippen LogP contribution in [0.5, 0.6) is 0 Å². The van der Waals surface area contributed by atoms with Gasteiger partial charge in [0.2, 0.25) is 0 Å². The summed E-state index contributed by atoms with van der Waals surface area (Å²) in [6.45, 7) is 6.18. The molecule has 1 aromatic carbocycles. The molecular formula is C17H27ClN2O. The van der Waals surface area contributed by atoms with E-state index in [0.29, 0.717) is 12.6 Å². The monoisotopic (exact) mass is 310 g/mol. The second kappa shape index (κ2) is 8.02. The molecule has 0 saturated heterocycles. The molecule has 0 aromatic heterocycles. The van der Waals surface area contributed by atoms with Gasteiger partial charge in [0.05, 0.1) is 6.61 Å². The maximum Gasteiger partial charge on any atom is 0.0606 e. The fourth-order valence-electron chi connectivity index (χ4n) is 2.85. The zero-order valence-corrected chi connectivity index (χ0v) is 13.9. The molecule has 1 atom stereocenters. The minimum Gasteiger partial charge on any atom is -0.395 e. The number of benzene rings is 1. The first-order chi connectivity index (χ1) is 10.2. The van der Waals surface area contributed by atoms with Crippen LogP contribution in [0, 0.1) is 0 Å². The molecule has 0 bridgehead atoms. The predicted molar refractivity (Wildman–Crippen MR) is 90.2 cm³/mol. The fourth-order valence-corrected chi connectivity index (χ4v) is 3.18. The average molecular weight is 311 g/mol. The Morgan fingerprint density at radius 2 is 2.19 bits per heavy atom. The summed E-state index contributed by atoms with van der Waals surface area (Å²) in [5, 5.41) is 13.6. The molecule has 1 aliphatic rings. The molecule has 0 spiro atoms. The largest absolute Gasteiger partial charge is 0.395 e. The summed E-state index contributed by atoms with van der Waals surface area (Å²) in [6, 6.07) is 7.14. The van der Waals surface area contributed by atoms with Crippen molar-refractivity contribution in [2.75, 3.05) is 24.6 Å². The van der Waals surface area contributed by atoms with Crippen molar-refractivity contribution in [3.8, 4) is 0 Å². The second-order valence-electron chi connectivity index (χ2n) is 5.88. The van der Waals surface area contributed by atoms with E-state index in [2.05, 4.69) is 42.3 Å². The maximum absolute atomic E-state index is 9.29. The first-order valence-electron chi connectivity index (χ1n) is 8.07. The van der Waals surface area contributed by atoms with Gasteiger partial charge in [-0.25, -0.2) is 0 Å².